The van der Waals surface area contributed by atoms with Crippen molar-refractivity contribution in [2.24, 2.45) is 5.73 Å². The predicted molar refractivity (Wildman–Crippen MR) is 88.2 cm³/mol. The summed E-state index contributed by atoms with van der Waals surface area (Å²) in [5.74, 6) is -0.650. The van der Waals surface area contributed by atoms with Crippen LogP contribution in [0.25, 0.3) is 21.7 Å². The molecule has 1 aromatic carbocycles. The number of nitro groups is 1. The van der Waals surface area contributed by atoms with Crippen molar-refractivity contribution in [2.75, 3.05) is 0 Å². The van der Waals surface area contributed by atoms with E-state index in [0.717, 1.165) is 11.3 Å². The minimum absolute atomic E-state index is 0.0390. The summed E-state index contributed by atoms with van der Waals surface area (Å²) in [7, 11) is 0. The molecule has 1 unspecified atom stereocenters. The molecule has 3 aromatic rings. The molecule has 1 amide bonds. The van der Waals surface area contributed by atoms with Gasteiger partial charge in [0.05, 0.1) is 32.8 Å². The molecule has 0 radical (unpaired) electrons. The minimum Gasteiger partial charge on any atom is -0.370 e. The maximum atomic E-state index is 11.0. The van der Waals surface area contributed by atoms with Gasteiger partial charge < -0.3 is 10.7 Å². The molecule has 0 saturated heterocycles. The SMILES string of the molecule is N#CC(CC(N)=O)c1ccc2nc(-c3ccc([N+](=O)[O-])s3)[nH]c2c1. The molecule has 9 heteroatoms. The van der Waals surface area contributed by atoms with Gasteiger partial charge in [-0.25, -0.2) is 4.98 Å². The van der Waals surface area contributed by atoms with Crippen LogP contribution in [0.2, 0.25) is 0 Å². The van der Waals surface area contributed by atoms with Crippen molar-refractivity contribution in [2.45, 2.75) is 12.3 Å². The maximum Gasteiger partial charge on any atom is 0.324 e. The summed E-state index contributed by atoms with van der Waals surface area (Å²) in [5.41, 5.74) is 7.18. The molecule has 0 aliphatic heterocycles. The third-order valence-corrected chi connectivity index (χ3v) is 4.52. The molecular formula is C15H11N5O3S. The van der Waals surface area contributed by atoms with Crippen molar-refractivity contribution in [3.8, 4) is 16.8 Å². The second-order valence-corrected chi connectivity index (χ2v) is 6.17. The van der Waals surface area contributed by atoms with Crippen molar-refractivity contribution < 1.29 is 9.72 Å². The van der Waals surface area contributed by atoms with E-state index in [0.29, 0.717) is 27.3 Å². The molecule has 0 bridgehead atoms. The number of hydrogen-bond acceptors (Lipinski definition) is 6. The number of aromatic nitrogens is 2. The van der Waals surface area contributed by atoms with Crippen LogP contribution in [0.1, 0.15) is 17.9 Å². The first-order chi connectivity index (χ1) is 11.5. The van der Waals surface area contributed by atoms with Crippen LogP contribution in [0.3, 0.4) is 0 Å². The van der Waals surface area contributed by atoms with Gasteiger partial charge in [-0.2, -0.15) is 5.26 Å². The Morgan fingerprint density at radius 3 is 2.88 bits per heavy atom. The molecule has 24 heavy (non-hydrogen) atoms. The van der Waals surface area contributed by atoms with Crippen molar-refractivity contribution in [3.63, 3.8) is 0 Å². The van der Waals surface area contributed by atoms with Crippen molar-refractivity contribution in [3.05, 3.63) is 46.0 Å². The molecule has 3 N–H and O–H groups in total. The molecule has 0 fully saturated rings. The number of benzene rings is 1. The molecule has 0 aliphatic carbocycles. The van der Waals surface area contributed by atoms with Gasteiger partial charge >= 0.3 is 5.00 Å². The van der Waals surface area contributed by atoms with Gasteiger partial charge in [0.25, 0.3) is 0 Å². The third kappa shape index (κ3) is 2.95. The Morgan fingerprint density at radius 1 is 1.46 bits per heavy atom. The minimum atomic E-state index is -0.624. The van der Waals surface area contributed by atoms with E-state index in [-0.39, 0.29) is 11.4 Å². The topological polar surface area (TPSA) is 139 Å². The Balaban J connectivity index is 1.98. The van der Waals surface area contributed by atoms with Gasteiger partial charge in [-0.05, 0) is 23.8 Å². The van der Waals surface area contributed by atoms with Crippen LogP contribution in [0.4, 0.5) is 5.00 Å². The monoisotopic (exact) mass is 341 g/mol. The quantitative estimate of drug-likeness (QED) is 0.542. The van der Waals surface area contributed by atoms with E-state index < -0.39 is 16.7 Å². The maximum absolute atomic E-state index is 11.0. The fraction of sp³-hybridized carbons (Fsp3) is 0.133. The number of carbonyl (C=O) groups excluding carboxylic acids is 1. The van der Waals surface area contributed by atoms with E-state index in [1.165, 1.54) is 6.07 Å². The molecule has 2 aromatic heterocycles. The molecule has 3 rings (SSSR count). The third-order valence-electron chi connectivity index (χ3n) is 3.47. The lowest BCUT2D eigenvalue weighted by Gasteiger charge is -2.06. The normalized spacial score (nSPS) is 12.0. The highest BCUT2D eigenvalue weighted by Crippen LogP contribution is 2.32. The molecular weight excluding hydrogens is 330 g/mol. The largest absolute Gasteiger partial charge is 0.370 e. The van der Waals surface area contributed by atoms with E-state index in [1.807, 2.05) is 0 Å². The van der Waals surface area contributed by atoms with Gasteiger partial charge in [0, 0.05) is 12.5 Å². The van der Waals surface area contributed by atoms with Crippen LogP contribution in [0.15, 0.2) is 30.3 Å². The Bertz CT molecular complexity index is 985. The lowest BCUT2D eigenvalue weighted by molar-refractivity contribution is -0.380. The number of fused-ring (bicyclic) bond motifs is 1. The van der Waals surface area contributed by atoms with E-state index in [1.54, 1.807) is 24.3 Å². The lowest BCUT2D eigenvalue weighted by Crippen LogP contribution is -2.14. The predicted octanol–water partition coefficient (Wildman–Crippen LogP) is 2.68. The smallest absolute Gasteiger partial charge is 0.324 e. The van der Waals surface area contributed by atoms with Gasteiger partial charge in [-0.15, -0.1) is 0 Å². The summed E-state index contributed by atoms with van der Waals surface area (Å²) in [6.07, 6.45) is -0.0554. The summed E-state index contributed by atoms with van der Waals surface area (Å²) in [6.45, 7) is 0. The van der Waals surface area contributed by atoms with Crippen molar-refractivity contribution >= 4 is 33.3 Å². The van der Waals surface area contributed by atoms with Crippen LogP contribution in [0.5, 0.6) is 0 Å². The van der Waals surface area contributed by atoms with Gasteiger partial charge in [0.1, 0.15) is 5.82 Å². The second-order valence-electron chi connectivity index (χ2n) is 5.11. The van der Waals surface area contributed by atoms with Crippen LogP contribution in [-0.4, -0.2) is 20.8 Å². The second kappa shape index (κ2) is 6.10. The number of aromatic amines is 1. The van der Waals surface area contributed by atoms with Gasteiger partial charge in [0.15, 0.2) is 0 Å². The standard InChI is InChI=1S/C15H11N5O3S/c16-7-9(6-13(17)21)8-1-2-10-11(5-8)19-15(18-10)12-3-4-14(24-12)20(22)23/h1-5,9H,6H2,(H2,17,21)(H,18,19). The Morgan fingerprint density at radius 2 is 2.25 bits per heavy atom. The van der Waals surface area contributed by atoms with Crippen LogP contribution in [0, 0.1) is 21.4 Å². The zero-order chi connectivity index (χ0) is 17.3. The van der Waals surface area contributed by atoms with Crippen LogP contribution < -0.4 is 5.73 Å². The first kappa shape index (κ1) is 15.6. The number of thiophene rings is 1. The zero-order valence-electron chi connectivity index (χ0n) is 12.2. The number of H-pyrrole nitrogens is 1. The van der Waals surface area contributed by atoms with E-state index in [4.69, 9.17) is 5.73 Å². The number of nitrogens with zero attached hydrogens (tertiary/aromatic N) is 3. The van der Waals surface area contributed by atoms with Crippen LogP contribution >= 0.6 is 11.3 Å². The Kier molecular flexibility index (Phi) is 3.97. The molecule has 0 saturated carbocycles. The van der Waals surface area contributed by atoms with Gasteiger partial charge in [-0.1, -0.05) is 17.4 Å². The molecule has 1 atom stereocenters. The van der Waals surface area contributed by atoms with Gasteiger partial charge in [-0.3, -0.25) is 14.9 Å². The zero-order valence-corrected chi connectivity index (χ0v) is 13.0. The van der Waals surface area contributed by atoms with E-state index in [2.05, 4.69) is 16.0 Å². The fourth-order valence-corrected chi connectivity index (χ4v) is 3.12. The van der Waals surface area contributed by atoms with E-state index in [9.17, 15) is 20.2 Å². The average molecular weight is 341 g/mol. The molecule has 0 spiro atoms. The highest BCUT2D eigenvalue weighted by Gasteiger charge is 2.17. The molecule has 2 heterocycles. The Labute approximate surface area is 139 Å². The lowest BCUT2D eigenvalue weighted by atomic mass is 9.96. The van der Waals surface area contributed by atoms with E-state index >= 15 is 0 Å². The van der Waals surface area contributed by atoms with Gasteiger partial charge in [0.2, 0.25) is 5.91 Å². The number of nitrogens with one attached hydrogen (secondary N) is 1. The Hall–Kier alpha value is -3.25. The highest BCUT2D eigenvalue weighted by atomic mass is 32.1. The fourth-order valence-electron chi connectivity index (χ4n) is 2.35. The summed E-state index contributed by atoms with van der Waals surface area (Å²) >= 11 is 1.03. The van der Waals surface area contributed by atoms with Crippen LogP contribution in [-0.2, 0) is 4.79 Å². The average Bonchev–Trinajstić information content (AvgIpc) is 3.17. The highest BCUT2D eigenvalue weighted by molar-refractivity contribution is 7.18. The van der Waals surface area contributed by atoms with Crippen molar-refractivity contribution in [1.29, 1.82) is 5.26 Å². The summed E-state index contributed by atoms with van der Waals surface area (Å²) in [4.78, 5) is 29.5. The molecule has 0 aliphatic rings. The number of nitrogens with two attached hydrogens (primary N) is 1. The molecule has 8 nitrogen and oxygen atoms in total. The summed E-state index contributed by atoms with van der Waals surface area (Å²) < 4.78 is 0. The number of imidazole rings is 1. The summed E-state index contributed by atoms with van der Waals surface area (Å²) in [5, 5.41) is 20.0. The number of primary amides is 1. The number of nitriles is 1. The van der Waals surface area contributed by atoms with Crippen molar-refractivity contribution in [1.82, 2.24) is 9.97 Å². The number of hydrogen-bond donors (Lipinski definition) is 2. The summed E-state index contributed by atoms with van der Waals surface area (Å²) in [6, 6.07) is 10.3. The number of rotatable bonds is 5. The first-order valence-corrected chi connectivity index (χ1v) is 7.71. The number of carbonyl (C=O) groups is 1. The molecule has 120 valence electrons. The number of amides is 1. The first-order valence-electron chi connectivity index (χ1n) is 6.90.